The predicted octanol–water partition coefficient (Wildman–Crippen LogP) is 11.4. The topological polar surface area (TPSA) is 31.4 Å². The van der Waals surface area contributed by atoms with Crippen LogP contribution in [0.5, 0.6) is 23.0 Å². The molecule has 0 radical (unpaired) electrons. The van der Waals surface area contributed by atoms with E-state index < -0.39 is 0 Å². The van der Waals surface area contributed by atoms with Crippen molar-refractivity contribution in [2.75, 3.05) is 0 Å². The number of nitrogens with zero attached hydrogens (tertiary/aromatic N) is 1. The van der Waals surface area contributed by atoms with Crippen LogP contribution in [-0.4, -0.2) is 4.98 Å². The zero-order chi connectivity index (χ0) is 30.1. The monoisotopic (exact) mass is 579 g/mol. The minimum atomic E-state index is -0.0890. The molecular weight excluding hydrogens is 550 g/mol. The van der Waals surface area contributed by atoms with Crippen molar-refractivity contribution in [1.29, 1.82) is 0 Å². The van der Waals surface area contributed by atoms with Crippen LogP contribution in [0.25, 0.3) is 55.5 Å². The molecule has 0 amide bonds. The molecule has 1 aliphatic carbocycles. The highest BCUT2D eigenvalue weighted by Gasteiger charge is 2.37. The first kappa shape index (κ1) is 25.8. The van der Waals surface area contributed by atoms with Crippen molar-refractivity contribution in [3.8, 4) is 67.6 Å². The quantitative estimate of drug-likeness (QED) is 0.209. The second-order valence-electron chi connectivity index (χ2n) is 12.4. The highest BCUT2D eigenvalue weighted by molar-refractivity contribution is 5.96. The lowest BCUT2D eigenvalue weighted by atomic mass is 9.82. The fraction of sp³-hybridized carbons (Fsp3) is 0.0714. The van der Waals surface area contributed by atoms with Crippen LogP contribution in [0.2, 0.25) is 0 Å². The molecule has 0 atom stereocenters. The Labute approximate surface area is 262 Å². The lowest BCUT2D eigenvalue weighted by molar-refractivity contribution is 0.359. The first-order chi connectivity index (χ1) is 22.0. The van der Waals surface area contributed by atoms with Crippen LogP contribution >= 0.6 is 0 Å². The van der Waals surface area contributed by atoms with E-state index in [-0.39, 0.29) is 5.41 Å². The van der Waals surface area contributed by atoms with E-state index >= 15 is 0 Å². The molecule has 1 aromatic heterocycles. The number of ether oxygens (including phenoxy) is 2. The second kappa shape index (κ2) is 9.67. The number of pyridine rings is 1. The van der Waals surface area contributed by atoms with Crippen molar-refractivity contribution in [2.24, 2.45) is 0 Å². The van der Waals surface area contributed by atoms with Gasteiger partial charge in [0.1, 0.15) is 0 Å². The molecular formula is C42H29NO2. The van der Waals surface area contributed by atoms with Crippen LogP contribution in [0.1, 0.15) is 25.0 Å². The Kier molecular flexibility index (Phi) is 5.54. The highest BCUT2D eigenvalue weighted by Crippen LogP contribution is 2.55. The van der Waals surface area contributed by atoms with E-state index in [4.69, 9.17) is 14.5 Å². The minimum Gasteiger partial charge on any atom is -0.450 e. The number of hydrogen-bond acceptors (Lipinski definition) is 3. The van der Waals surface area contributed by atoms with E-state index in [0.717, 1.165) is 61.8 Å². The summed E-state index contributed by atoms with van der Waals surface area (Å²) in [4.78, 5) is 4.97. The van der Waals surface area contributed by atoms with E-state index in [9.17, 15) is 0 Å². The van der Waals surface area contributed by atoms with Crippen molar-refractivity contribution in [3.05, 3.63) is 151 Å². The molecule has 1 aliphatic heterocycles. The van der Waals surface area contributed by atoms with Crippen molar-refractivity contribution in [2.45, 2.75) is 19.3 Å². The zero-order valence-corrected chi connectivity index (χ0v) is 25.0. The van der Waals surface area contributed by atoms with Crippen LogP contribution < -0.4 is 9.47 Å². The van der Waals surface area contributed by atoms with Crippen molar-refractivity contribution in [3.63, 3.8) is 0 Å². The molecule has 2 aliphatic rings. The summed E-state index contributed by atoms with van der Waals surface area (Å²) in [6.45, 7) is 4.55. The predicted molar refractivity (Wildman–Crippen MR) is 182 cm³/mol. The van der Waals surface area contributed by atoms with E-state index in [2.05, 4.69) is 129 Å². The Bertz CT molecular complexity index is 2280. The number of hydrogen-bond donors (Lipinski definition) is 0. The molecule has 3 heteroatoms. The van der Waals surface area contributed by atoms with E-state index in [0.29, 0.717) is 0 Å². The molecule has 2 heterocycles. The summed E-state index contributed by atoms with van der Waals surface area (Å²) >= 11 is 0. The number of aromatic nitrogens is 1. The maximum absolute atomic E-state index is 6.50. The fourth-order valence-corrected chi connectivity index (χ4v) is 6.97. The Morgan fingerprint density at radius 3 is 2.00 bits per heavy atom. The average Bonchev–Trinajstić information content (AvgIpc) is 3.31. The van der Waals surface area contributed by atoms with E-state index in [1.165, 1.54) is 27.8 Å². The average molecular weight is 580 g/mol. The van der Waals surface area contributed by atoms with Gasteiger partial charge in [0.25, 0.3) is 0 Å². The molecule has 3 nitrogen and oxygen atoms in total. The Morgan fingerprint density at radius 2 is 1.13 bits per heavy atom. The zero-order valence-electron chi connectivity index (χ0n) is 25.0. The minimum absolute atomic E-state index is 0.0890. The molecule has 0 bridgehead atoms. The molecule has 0 spiro atoms. The van der Waals surface area contributed by atoms with Crippen LogP contribution in [0.3, 0.4) is 0 Å². The van der Waals surface area contributed by atoms with Crippen LogP contribution in [0.15, 0.2) is 140 Å². The van der Waals surface area contributed by atoms with Gasteiger partial charge in [-0.05, 0) is 80.9 Å². The SMILES string of the molecule is CC1(C)c2ccccc2-c2cc3c(cc21)Oc1ccc(-c2ccc(-c4cccc5nc(-c6ccccc6)ccc45)cc2)cc1O3. The van der Waals surface area contributed by atoms with Crippen LogP contribution in [0, 0.1) is 0 Å². The van der Waals surface area contributed by atoms with Gasteiger partial charge in [-0.15, -0.1) is 0 Å². The Hall–Kier alpha value is -5.67. The fourth-order valence-electron chi connectivity index (χ4n) is 6.97. The van der Waals surface area contributed by atoms with Gasteiger partial charge in [0.15, 0.2) is 23.0 Å². The maximum atomic E-state index is 6.50. The van der Waals surface area contributed by atoms with Crippen LogP contribution in [-0.2, 0) is 5.41 Å². The van der Waals surface area contributed by atoms with Gasteiger partial charge in [-0.2, -0.15) is 0 Å². The van der Waals surface area contributed by atoms with E-state index in [1.807, 2.05) is 24.3 Å². The molecule has 214 valence electrons. The first-order valence-electron chi connectivity index (χ1n) is 15.4. The van der Waals surface area contributed by atoms with Gasteiger partial charge in [0.05, 0.1) is 11.2 Å². The molecule has 45 heavy (non-hydrogen) atoms. The number of benzene rings is 6. The third kappa shape index (κ3) is 4.08. The lowest BCUT2D eigenvalue weighted by Gasteiger charge is -2.25. The van der Waals surface area contributed by atoms with Gasteiger partial charge in [-0.25, -0.2) is 4.98 Å². The maximum Gasteiger partial charge on any atom is 0.170 e. The molecule has 9 rings (SSSR count). The Balaban J connectivity index is 1.02. The number of fused-ring (bicyclic) bond motifs is 6. The largest absolute Gasteiger partial charge is 0.450 e. The molecule has 0 saturated heterocycles. The molecule has 0 N–H and O–H groups in total. The van der Waals surface area contributed by atoms with Gasteiger partial charge >= 0.3 is 0 Å². The van der Waals surface area contributed by atoms with Gasteiger partial charge < -0.3 is 9.47 Å². The van der Waals surface area contributed by atoms with Gasteiger partial charge in [0, 0.05) is 16.4 Å². The van der Waals surface area contributed by atoms with Gasteiger partial charge in [0.2, 0.25) is 0 Å². The third-order valence-electron chi connectivity index (χ3n) is 9.36. The molecule has 7 aromatic rings. The third-order valence-corrected chi connectivity index (χ3v) is 9.36. The molecule has 6 aromatic carbocycles. The number of rotatable bonds is 3. The summed E-state index contributed by atoms with van der Waals surface area (Å²) in [5.74, 6) is 2.97. The van der Waals surface area contributed by atoms with Crippen molar-refractivity contribution >= 4 is 10.9 Å². The Morgan fingerprint density at radius 1 is 0.444 bits per heavy atom. The molecule has 0 unspecified atom stereocenters. The summed E-state index contributed by atoms with van der Waals surface area (Å²) in [6.07, 6.45) is 0. The summed E-state index contributed by atoms with van der Waals surface area (Å²) in [7, 11) is 0. The van der Waals surface area contributed by atoms with E-state index in [1.54, 1.807) is 0 Å². The van der Waals surface area contributed by atoms with Crippen molar-refractivity contribution < 1.29 is 9.47 Å². The summed E-state index contributed by atoms with van der Waals surface area (Å²) in [6, 6.07) is 48.8. The summed E-state index contributed by atoms with van der Waals surface area (Å²) in [5.41, 5.74) is 12.6. The standard InChI is InChI=1S/C42H29NO2/c1-42(2)34-13-7-6-11-31(34)33-24-40-41(25-35(33)42)44-38-22-19-29(23-39(38)45-40)26-15-17-27(18-16-26)30-12-8-14-37-32(30)20-21-36(43-37)28-9-4-3-5-10-28/h3-25H,1-2H3. The summed E-state index contributed by atoms with van der Waals surface area (Å²) in [5, 5.41) is 1.14. The molecule has 0 saturated carbocycles. The first-order valence-corrected chi connectivity index (χ1v) is 15.4. The second-order valence-corrected chi connectivity index (χ2v) is 12.4. The van der Waals surface area contributed by atoms with Crippen molar-refractivity contribution in [1.82, 2.24) is 4.98 Å². The smallest absolute Gasteiger partial charge is 0.170 e. The summed E-state index contributed by atoms with van der Waals surface area (Å²) < 4.78 is 12.9. The van der Waals surface area contributed by atoms with Gasteiger partial charge in [-0.3, -0.25) is 0 Å². The highest BCUT2D eigenvalue weighted by atomic mass is 16.6. The van der Waals surface area contributed by atoms with Crippen LogP contribution in [0.4, 0.5) is 0 Å². The molecule has 0 fully saturated rings. The van der Waals surface area contributed by atoms with Gasteiger partial charge in [-0.1, -0.05) is 117 Å². The lowest BCUT2D eigenvalue weighted by Crippen LogP contribution is -2.15. The normalized spacial score (nSPS) is 13.6.